The Bertz CT molecular complexity index is 2090. The molecule has 52 heavy (non-hydrogen) atoms. The molecule has 2 atom stereocenters. The van der Waals surface area contributed by atoms with E-state index in [2.05, 4.69) is 0 Å². The van der Waals surface area contributed by atoms with Crippen molar-refractivity contribution in [2.24, 2.45) is 0 Å². The highest BCUT2D eigenvalue weighted by Gasteiger charge is 2.24. The Hall–Kier alpha value is -6.60. The molecule has 6 aromatic carbocycles. The van der Waals surface area contributed by atoms with Gasteiger partial charge >= 0.3 is 39.5 Å². The number of aromatic carboxylic acids is 4. The third-order valence-corrected chi connectivity index (χ3v) is 10.8. The number of carbonyl (C=O) groups is 4. The molecule has 6 rings (SSSR count). The van der Waals surface area contributed by atoms with E-state index < -0.39 is 39.5 Å². The van der Waals surface area contributed by atoms with Crippen LogP contribution in [0.2, 0.25) is 0 Å². The fourth-order valence-corrected chi connectivity index (χ4v) is 7.41. The van der Waals surface area contributed by atoms with Crippen LogP contribution in [0, 0.1) is 0 Å². The van der Waals surface area contributed by atoms with Gasteiger partial charge in [-0.3, -0.25) is 0 Å². The molecule has 0 fully saturated rings. The van der Waals surface area contributed by atoms with Crippen LogP contribution in [0.25, 0.3) is 22.3 Å². The normalized spacial score (nSPS) is 11.0. The molecule has 12 heteroatoms. The van der Waals surface area contributed by atoms with Gasteiger partial charge in [0.15, 0.2) is 21.2 Å². The van der Waals surface area contributed by atoms with Gasteiger partial charge in [-0.15, -0.1) is 0 Å². The van der Waals surface area contributed by atoms with E-state index in [-0.39, 0.29) is 22.3 Å². The van der Waals surface area contributed by atoms with Crippen LogP contribution in [0.4, 0.5) is 0 Å². The lowest BCUT2D eigenvalue weighted by atomic mass is 10.00. The number of hydrogen-bond donors (Lipinski definition) is 4. The molecule has 2 unspecified atom stereocenters. The van der Waals surface area contributed by atoms with Gasteiger partial charge in [-0.2, -0.15) is 0 Å². The summed E-state index contributed by atoms with van der Waals surface area (Å²) in [5.41, 5.74) is 1.86. The zero-order valence-electron chi connectivity index (χ0n) is 27.0. The third-order valence-electron chi connectivity index (χ3n) is 7.71. The molecule has 10 nitrogen and oxygen atoms in total. The van der Waals surface area contributed by atoms with Crippen molar-refractivity contribution in [2.75, 3.05) is 0 Å². The first-order valence-electron chi connectivity index (χ1n) is 15.4. The van der Waals surface area contributed by atoms with E-state index in [9.17, 15) is 48.7 Å². The number of hydrogen-bond acceptors (Lipinski definition) is 6. The van der Waals surface area contributed by atoms with Gasteiger partial charge in [0.05, 0.1) is 22.3 Å². The molecule has 0 aliphatic carbocycles. The second kappa shape index (κ2) is 16.4. The number of benzene rings is 6. The van der Waals surface area contributed by atoms with E-state index >= 15 is 0 Å². The Kier molecular flexibility index (Phi) is 11.6. The highest BCUT2D eigenvalue weighted by atomic mass is 31.1. The van der Waals surface area contributed by atoms with Crippen LogP contribution in [0.15, 0.2) is 146 Å². The van der Waals surface area contributed by atoms with E-state index in [4.69, 9.17) is 0 Å². The Balaban J connectivity index is 0.000000201. The van der Waals surface area contributed by atoms with Gasteiger partial charge in [-0.25, -0.2) is 19.2 Å². The maximum atomic E-state index is 12.6. The SMILES string of the molecule is O=C(O)c1cc(C(=O)O)cc(-c2ccc([P+](=O)c3ccccc3)cc2)c1.O=C(O)c1cc(C(=O)O)cc(-c2ccc([P+](=O)c3ccccc3)cc2)c1. The fraction of sp³-hybridized carbons (Fsp3) is 0. The zero-order valence-corrected chi connectivity index (χ0v) is 28.8. The summed E-state index contributed by atoms with van der Waals surface area (Å²) in [7, 11) is -3.45. The van der Waals surface area contributed by atoms with Crippen molar-refractivity contribution >= 4 is 60.7 Å². The van der Waals surface area contributed by atoms with E-state index in [1.807, 2.05) is 36.4 Å². The van der Waals surface area contributed by atoms with Crippen molar-refractivity contribution in [1.29, 1.82) is 0 Å². The standard InChI is InChI=1S/2C20H13O5P/c2*21-19(22)15-10-14(11-16(12-15)20(23)24)13-6-8-18(9-7-13)26(25)17-4-2-1-3-5-17/h2*1-12H,(H-,21,22,23,24)/p+2. The largest absolute Gasteiger partial charge is 0.478 e. The first-order valence-corrected chi connectivity index (χ1v) is 17.9. The van der Waals surface area contributed by atoms with Gasteiger partial charge in [0, 0.05) is 0 Å². The first-order chi connectivity index (χ1) is 24.9. The summed E-state index contributed by atoms with van der Waals surface area (Å²) < 4.78 is 25.1. The van der Waals surface area contributed by atoms with E-state index in [1.54, 1.807) is 72.8 Å². The van der Waals surface area contributed by atoms with Crippen LogP contribution in [-0.4, -0.2) is 44.3 Å². The summed E-state index contributed by atoms with van der Waals surface area (Å²) in [6, 6.07) is 39.7. The molecule has 4 N–H and O–H groups in total. The average molecular weight is 731 g/mol. The van der Waals surface area contributed by atoms with E-state index in [0.29, 0.717) is 32.9 Å². The molecule has 0 heterocycles. The predicted molar refractivity (Wildman–Crippen MR) is 198 cm³/mol. The van der Waals surface area contributed by atoms with Crippen molar-refractivity contribution in [3.63, 3.8) is 0 Å². The van der Waals surface area contributed by atoms with Crippen LogP contribution in [0.1, 0.15) is 41.4 Å². The molecular weight excluding hydrogens is 702 g/mol. The van der Waals surface area contributed by atoms with Crippen LogP contribution in [-0.2, 0) is 9.13 Å². The Labute approximate surface area is 298 Å². The summed E-state index contributed by atoms with van der Waals surface area (Å²) >= 11 is 0. The number of carboxylic acid groups (broad SMARTS) is 4. The Morgan fingerprint density at radius 3 is 0.827 bits per heavy atom. The van der Waals surface area contributed by atoms with Gasteiger partial charge in [0.25, 0.3) is 0 Å². The molecule has 0 amide bonds. The predicted octanol–water partition coefficient (Wildman–Crippen LogP) is 7.06. The summed E-state index contributed by atoms with van der Waals surface area (Å²) in [4.78, 5) is 44.9. The highest BCUT2D eigenvalue weighted by molar-refractivity contribution is 7.61. The lowest BCUT2D eigenvalue weighted by molar-refractivity contribution is 0.0676. The molecule has 0 radical (unpaired) electrons. The fourth-order valence-electron chi connectivity index (χ4n) is 5.09. The van der Waals surface area contributed by atoms with Crippen molar-refractivity contribution in [3.05, 3.63) is 168 Å². The summed E-state index contributed by atoms with van der Waals surface area (Å²) in [6.07, 6.45) is 0. The minimum atomic E-state index is -1.72. The smallest absolute Gasteiger partial charge is 0.415 e. The molecule has 0 bridgehead atoms. The van der Waals surface area contributed by atoms with Crippen molar-refractivity contribution in [3.8, 4) is 22.3 Å². The molecule has 0 spiro atoms. The molecule has 0 aliphatic rings. The van der Waals surface area contributed by atoms with Gasteiger partial charge < -0.3 is 20.4 Å². The minimum Gasteiger partial charge on any atom is -0.478 e. The maximum Gasteiger partial charge on any atom is 0.415 e. The average Bonchev–Trinajstić information content (AvgIpc) is 3.18. The number of rotatable bonds is 10. The van der Waals surface area contributed by atoms with Gasteiger partial charge in [-0.05, 0) is 131 Å². The van der Waals surface area contributed by atoms with Crippen LogP contribution >= 0.6 is 15.6 Å². The van der Waals surface area contributed by atoms with E-state index in [1.165, 1.54) is 24.3 Å². The lowest BCUT2D eigenvalue weighted by Gasteiger charge is -2.05. The molecular formula is C40H28O10P2+2. The first kappa shape index (κ1) is 36.7. The number of carboxylic acids is 4. The van der Waals surface area contributed by atoms with Gasteiger partial charge in [0.2, 0.25) is 0 Å². The third kappa shape index (κ3) is 8.94. The van der Waals surface area contributed by atoms with Gasteiger partial charge in [0.1, 0.15) is 0 Å². The quantitative estimate of drug-likeness (QED) is 0.107. The Morgan fingerprint density at radius 1 is 0.327 bits per heavy atom. The lowest BCUT2D eigenvalue weighted by Crippen LogP contribution is -2.06. The minimum absolute atomic E-state index is 0.0978. The molecule has 256 valence electrons. The van der Waals surface area contributed by atoms with Crippen LogP contribution in [0.5, 0.6) is 0 Å². The van der Waals surface area contributed by atoms with Crippen molar-refractivity contribution in [2.45, 2.75) is 0 Å². The maximum absolute atomic E-state index is 12.6. The second-order valence-electron chi connectivity index (χ2n) is 11.2. The zero-order chi connectivity index (χ0) is 37.4. The Morgan fingerprint density at radius 2 is 0.577 bits per heavy atom. The second-order valence-corrected chi connectivity index (χ2v) is 14.4. The molecule has 0 aliphatic heterocycles. The highest BCUT2D eigenvalue weighted by Crippen LogP contribution is 2.27. The molecule has 0 saturated heterocycles. The van der Waals surface area contributed by atoms with Crippen LogP contribution in [0.3, 0.4) is 0 Å². The summed E-state index contributed by atoms with van der Waals surface area (Å²) in [5.74, 6) is -4.78. The monoisotopic (exact) mass is 730 g/mol. The van der Waals surface area contributed by atoms with Crippen LogP contribution < -0.4 is 21.2 Å². The summed E-state index contributed by atoms with van der Waals surface area (Å²) in [5, 5.41) is 39.4. The topological polar surface area (TPSA) is 183 Å². The molecule has 6 aromatic rings. The van der Waals surface area contributed by atoms with Gasteiger partial charge in [-0.1, -0.05) is 45.5 Å². The van der Waals surface area contributed by atoms with Crippen molar-refractivity contribution < 1.29 is 48.7 Å². The molecule has 0 aromatic heterocycles. The van der Waals surface area contributed by atoms with Crippen molar-refractivity contribution in [1.82, 2.24) is 0 Å². The molecule has 0 saturated carbocycles. The van der Waals surface area contributed by atoms with E-state index in [0.717, 1.165) is 22.7 Å². The summed E-state index contributed by atoms with van der Waals surface area (Å²) in [6.45, 7) is 0.